The second kappa shape index (κ2) is 4.02. The number of aliphatic carboxylic acids is 3. The summed E-state index contributed by atoms with van der Waals surface area (Å²) in [4.78, 5) is 30.3. The van der Waals surface area contributed by atoms with Gasteiger partial charge in [0.15, 0.2) is 5.60 Å². The molecule has 0 bridgehead atoms. The molecule has 10 heteroatoms. The fourth-order valence-corrected chi connectivity index (χ4v) is 0.761. The molecule has 0 spiro atoms. The van der Waals surface area contributed by atoms with E-state index in [0.29, 0.717) is 0 Å². The van der Waals surface area contributed by atoms with E-state index in [4.69, 9.17) is 15.3 Å². The summed E-state index contributed by atoms with van der Waals surface area (Å²) in [6, 6.07) is 0. The van der Waals surface area contributed by atoms with Crippen LogP contribution in [0.1, 0.15) is 0 Å². The van der Waals surface area contributed by atoms with Crippen LogP contribution < -0.4 is 20.4 Å². The number of carbonyl (C=O) groups is 3. The van der Waals surface area contributed by atoms with E-state index in [1.165, 1.54) is 0 Å². The average Bonchev–Trinajstić information content (AvgIpc) is 2.14. The topological polar surface area (TPSA) is 204 Å². The predicted octanol–water partition coefficient (Wildman–Crippen LogP) is -8.62. The smallest absolute Gasteiger partial charge is 0.154 e. The van der Waals surface area contributed by atoms with E-state index in [-0.39, 0.29) is 0 Å². The first kappa shape index (κ1) is 14.2. The first-order chi connectivity index (χ1) is 6.99. The van der Waals surface area contributed by atoms with Gasteiger partial charge in [0.25, 0.3) is 0 Å². The van der Waals surface area contributed by atoms with Gasteiger partial charge < -0.3 is 50.1 Å². The zero-order valence-electron chi connectivity index (χ0n) is 7.28. The molecule has 0 aromatic rings. The third-order valence-corrected chi connectivity index (χ3v) is 1.72. The van der Waals surface area contributed by atoms with Gasteiger partial charge in [0.05, 0.1) is 23.7 Å². The Morgan fingerprint density at radius 2 is 1.38 bits per heavy atom. The van der Waals surface area contributed by atoms with Crippen LogP contribution in [-0.4, -0.2) is 50.7 Å². The molecular weight excluding hydrogens is 232 g/mol. The molecule has 10 nitrogen and oxygen atoms in total. The van der Waals surface area contributed by atoms with Crippen LogP contribution in [0.4, 0.5) is 0 Å². The average molecular weight is 236 g/mol. The van der Waals surface area contributed by atoms with Gasteiger partial charge in [-0.2, -0.15) is 0 Å². The highest BCUT2D eigenvalue weighted by atomic mass is 16.6. The predicted molar refractivity (Wildman–Crippen MR) is 30.9 cm³/mol. The molecule has 0 radical (unpaired) electrons. The van der Waals surface area contributed by atoms with Crippen molar-refractivity contribution in [3.8, 4) is 0 Å². The number of aliphatic hydroxyl groups is 3. The Morgan fingerprint density at radius 1 is 1.00 bits per heavy atom. The van der Waals surface area contributed by atoms with E-state index in [9.17, 15) is 34.8 Å². The second-order valence-corrected chi connectivity index (χ2v) is 2.71. The van der Waals surface area contributed by atoms with Crippen molar-refractivity contribution in [2.45, 2.75) is 17.5 Å². The largest absolute Gasteiger partial charge is 0.822 e. The van der Waals surface area contributed by atoms with E-state index >= 15 is 0 Å². The number of hydrogen-bond donors (Lipinski definition) is 3. The van der Waals surface area contributed by atoms with Crippen LogP contribution in [0.15, 0.2) is 0 Å². The lowest BCUT2D eigenvalue weighted by molar-refractivity contribution is -0.581. The Hall–Kier alpha value is -1.75. The summed E-state index contributed by atoms with van der Waals surface area (Å²) in [6.07, 6.45) is -3.53. The zero-order chi connectivity index (χ0) is 13.3. The molecule has 0 amide bonds. The highest BCUT2D eigenvalue weighted by Crippen LogP contribution is 2.21. The lowest BCUT2D eigenvalue weighted by atomic mass is 9.87. The molecule has 0 saturated carbocycles. The molecule has 0 fully saturated rings. The quantitative estimate of drug-likeness (QED) is 0.384. The first-order valence-electron chi connectivity index (χ1n) is 3.46. The molecule has 0 aromatic carbocycles. The Balaban J connectivity index is 5.71. The fourth-order valence-electron chi connectivity index (χ4n) is 0.761. The highest BCUT2D eigenvalue weighted by Gasteiger charge is 2.50. The molecule has 0 heterocycles. The summed E-state index contributed by atoms with van der Waals surface area (Å²) in [5.41, 5.74) is -4.56. The first-order valence-corrected chi connectivity index (χ1v) is 3.46. The van der Waals surface area contributed by atoms with Crippen molar-refractivity contribution in [1.29, 1.82) is 0 Å². The van der Waals surface area contributed by atoms with Crippen LogP contribution in [0.25, 0.3) is 0 Å². The monoisotopic (exact) mass is 236 g/mol. The maximum absolute atomic E-state index is 10.8. The number of hydrogen-bond acceptors (Lipinski definition) is 10. The van der Waals surface area contributed by atoms with Gasteiger partial charge in [-0.05, 0) is 0 Å². The van der Waals surface area contributed by atoms with E-state index in [1.807, 2.05) is 0 Å². The van der Waals surface area contributed by atoms with Crippen LogP contribution in [-0.2, 0) is 14.4 Å². The summed E-state index contributed by atoms with van der Waals surface area (Å²) in [7, 11) is 0. The normalized spacial score (nSPS) is 20.2. The van der Waals surface area contributed by atoms with Gasteiger partial charge in [0.1, 0.15) is 6.10 Å². The maximum atomic E-state index is 10.8. The minimum absolute atomic E-state index is 2.71. The molecule has 16 heavy (non-hydrogen) atoms. The van der Waals surface area contributed by atoms with Gasteiger partial charge in [-0.1, -0.05) is 0 Å². The molecule has 92 valence electrons. The van der Waals surface area contributed by atoms with Crippen molar-refractivity contribution in [2.75, 3.05) is 0 Å². The SMILES string of the molecule is O=C([O-])C(O)C(O)(C(=O)[O-])C([O-])(O)C(=O)[O-]. The number of carboxylic acids is 3. The van der Waals surface area contributed by atoms with Crippen LogP contribution in [0, 0.1) is 0 Å². The lowest BCUT2D eigenvalue weighted by Crippen LogP contribution is -2.81. The third kappa shape index (κ3) is 1.81. The van der Waals surface area contributed by atoms with Crippen molar-refractivity contribution >= 4 is 17.9 Å². The van der Waals surface area contributed by atoms with Gasteiger partial charge in [0.2, 0.25) is 0 Å². The Kier molecular flexibility index (Phi) is 3.58. The van der Waals surface area contributed by atoms with E-state index < -0.39 is 35.4 Å². The van der Waals surface area contributed by atoms with Crippen LogP contribution in [0.2, 0.25) is 0 Å². The van der Waals surface area contributed by atoms with Gasteiger partial charge in [-0.25, -0.2) is 0 Å². The van der Waals surface area contributed by atoms with Crippen molar-refractivity contribution in [3.63, 3.8) is 0 Å². The molecular formula is C6H4O10-4. The summed E-state index contributed by atoms with van der Waals surface area (Å²) in [5.74, 6) is -13.6. The number of rotatable bonds is 5. The molecule has 0 saturated heterocycles. The van der Waals surface area contributed by atoms with Gasteiger partial charge in [0, 0.05) is 0 Å². The molecule has 0 aliphatic heterocycles. The molecule has 3 N–H and O–H groups in total. The van der Waals surface area contributed by atoms with Crippen molar-refractivity contribution in [2.24, 2.45) is 0 Å². The standard InChI is InChI=1S/C6H7O10/c7-1(2(8)9)5(14,3(10)11)6(15,16)4(12)13/h1,7,14-15H,(H,8,9)(H,10,11)(H,12,13)/q-1/p-3. The molecule has 0 aliphatic rings. The fraction of sp³-hybridized carbons (Fsp3) is 0.500. The third-order valence-electron chi connectivity index (χ3n) is 1.72. The van der Waals surface area contributed by atoms with Crippen molar-refractivity contribution < 1.29 is 50.1 Å². The van der Waals surface area contributed by atoms with Crippen LogP contribution in [0.3, 0.4) is 0 Å². The van der Waals surface area contributed by atoms with E-state index in [1.54, 1.807) is 0 Å². The summed E-state index contributed by atoms with van der Waals surface area (Å²) >= 11 is 0. The maximum Gasteiger partial charge on any atom is 0.154 e. The molecule has 0 aromatic heterocycles. The van der Waals surface area contributed by atoms with Crippen molar-refractivity contribution in [3.05, 3.63) is 0 Å². The lowest BCUT2D eigenvalue weighted by Gasteiger charge is -2.51. The van der Waals surface area contributed by atoms with Gasteiger partial charge >= 0.3 is 0 Å². The van der Waals surface area contributed by atoms with Crippen molar-refractivity contribution in [1.82, 2.24) is 0 Å². The molecule has 3 atom stereocenters. The van der Waals surface area contributed by atoms with Crippen LogP contribution in [0.5, 0.6) is 0 Å². The second-order valence-electron chi connectivity index (χ2n) is 2.71. The zero-order valence-corrected chi connectivity index (χ0v) is 7.28. The minimum atomic E-state index is -4.84. The van der Waals surface area contributed by atoms with Crippen LogP contribution >= 0.6 is 0 Å². The Bertz CT molecular complexity index is 332. The highest BCUT2D eigenvalue weighted by molar-refractivity contribution is 5.92. The summed E-state index contributed by atoms with van der Waals surface area (Å²) in [5, 5.41) is 67.2. The minimum Gasteiger partial charge on any atom is -0.822 e. The number of carboxylic acid groups (broad SMARTS) is 3. The summed E-state index contributed by atoms with van der Waals surface area (Å²) in [6.45, 7) is 0. The number of aliphatic hydroxyl groups excluding tert-OH is 1. The van der Waals surface area contributed by atoms with E-state index in [0.717, 1.165) is 0 Å². The molecule has 3 unspecified atom stereocenters. The summed E-state index contributed by atoms with van der Waals surface area (Å²) < 4.78 is 0. The Morgan fingerprint density at radius 3 is 1.56 bits per heavy atom. The van der Waals surface area contributed by atoms with Gasteiger partial charge in [-0.15, -0.1) is 0 Å². The Labute approximate surface area is 86.6 Å². The van der Waals surface area contributed by atoms with Gasteiger partial charge in [-0.3, -0.25) is 0 Å². The van der Waals surface area contributed by atoms with E-state index in [2.05, 4.69) is 0 Å². The molecule has 0 aliphatic carbocycles. The number of carbonyl (C=O) groups excluding carboxylic acids is 3. The molecule has 0 rings (SSSR count).